The molecule has 0 saturated carbocycles. The van der Waals surface area contributed by atoms with E-state index in [1.165, 1.54) is 6.07 Å². The fourth-order valence-corrected chi connectivity index (χ4v) is 3.60. The Morgan fingerprint density at radius 3 is 2.64 bits per heavy atom. The number of fused-ring (bicyclic) bond motifs is 1. The molecule has 0 aliphatic heterocycles. The predicted molar refractivity (Wildman–Crippen MR) is 108 cm³/mol. The van der Waals surface area contributed by atoms with Crippen LogP contribution in [0.2, 0.25) is 0 Å². The molecule has 28 heavy (non-hydrogen) atoms. The molecule has 1 aromatic heterocycles. The lowest BCUT2D eigenvalue weighted by atomic mass is 10.0. The van der Waals surface area contributed by atoms with Crippen LogP contribution < -0.4 is 5.32 Å². The average Bonchev–Trinajstić information content (AvgIpc) is 3.12. The minimum atomic E-state index is -1.07. The maximum atomic E-state index is 13.4. The summed E-state index contributed by atoms with van der Waals surface area (Å²) in [4.78, 5) is 13.5. The summed E-state index contributed by atoms with van der Waals surface area (Å²) >= 11 is 1.67. The molecule has 140 valence electrons. The second-order valence-electron chi connectivity index (χ2n) is 6.12. The number of aromatic amines is 1. The predicted octanol–water partition coefficient (Wildman–Crippen LogP) is 5.48. The number of anilines is 1. The maximum absolute atomic E-state index is 13.4. The Morgan fingerprint density at radius 2 is 1.86 bits per heavy atom. The van der Waals surface area contributed by atoms with Crippen molar-refractivity contribution in [3.63, 3.8) is 0 Å². The summed E-state index contributed by atoms with van der Waals surface area (Å²) in [5.74, 6) is -2.31. The standard InChI is InChI=1S/C21H15F2N3OS/c1-28-19-5-3-2-4-14(19)12-6-8-15-18(11-12)25-26-20(15)24-21(27)13-7-9-16(22)17(23)10-13/h2-11H,1H3,(H2,24,25,26,27). The van der Waals surface area contributed by atoms with Gasteiger partial charge >= 0.3 is 0 Å². The molecule has 0 atom stereocenters. The molecule has 0 radical (unpaired) electrons. The highest BCUT2D eigenvalue weighted by molar-refractivity contribution is 7.98. The number of benzene rings is 3. The molecule has 2 N–H and O–H groups in total. The topological polar surface area (TPSA) is 57.8 Å². The Labute approximate surface area is 164 Å². The van der Waals surface area contributed by atoms with E-state index in [-0.39, 0.29) is 5.56 Å². The van der Waals surface area contributed by atoms with Gasteiger partial charge in [-0.3, -0.25) is 9.89 Å². The van der Waals surface area contributed by atoms with Crippen LogP contribution in [0.3, 0.4) is 0 Å². The largest absolute Gasteiger partial charge is 0.305 e. The van der Waals surface area contributed by atoms with Crippen molar-refractivity contribution in [1.82, 2.24) is 10.2 Å². The first kappa shape index (κ1) is 18.2. The summed E-state index contributed by atoms with van der Waals surface area (Å²) in [7, 11) is 0. The minimum absolute atomic E-state index is 0.0144. The molecular weight excluding hydrogens is 380 g/mol. The van der Waals surface area contributed by atoms with E-state index >= 15 is 0 Å². The summed E-state index contributed by atoms with van der Waals surface area (Å²) < 4.78 is 26.4. The molecular formula is C21H15F2N3OS. The molecule has 0 unspecified atom stereocenters. The molecule has 0 fully saturated rings. The number of halogens is 2. The van der Waals surface area contributed by atoms with Crippen molar-refractivity contribution < 1.29 is 13.6 Å². The quantitative estimate of drug-likeness (QED) is 0.450. The van der Waals surface area contributed by atoms with E-state index in [0.29, 0.717) is 5.82 Å². The zero-order chi connectivity index (χ0) is 19.7. The van der Waals surface area contributed by atoms with Crippen LogP contribution in [0, 0.1) is 11.6 Å². The average molecular weight is 395 g/mol. The molecule has 3 aromatic carbocycles. The van der Waals surface area contributed by atoms with Crippen molar-refractivity contribution in [3.05, 3.63) is 77.9 Å². The number of nitrogens with zero attached hydrogens (tertiary/aromatic N) is 1. The summed E-state index contributed by atoms with van der Waals surface area (Å²) in [6, 6.07) is 16.9. The van der Waals surface area contributed by atoms with Gasteiger partial charge in [-0.1, -0.05) is 24.3 Å². The van der Waals surface area contributed by atoms with Crippen LogP contribution in [0.25, 0.3) is 22.0 Å². The van der Waals surface area contributed by atoms with Crippen molar-refractivity contribution in [2.24, 2.45) is 0 Å². The van der Waals surface area contributed by atoms with Crippen LogP contribution in [0.1, 0.15) is 10.4 Å². The van der Waals surface area contributed by atoms with Crippen LogP contribution >= 0.6 is 11.8 Å². The second kappa shape index (κ2) is 7.44. The number of hydrogen-bond acceptors (Lipinski definition) is 3. The Morgan fingerprint density at radius 1 is 1.04 bits per heavy atom. The van der Waals surface area contributed by atoms with Crippen LogP contribution in [-0.4, -0.2) is 22.4 Å². The maximum Gasteiger partial charge on any atom is 0.256 e. The van der Waals surface area contributed by atoms with Gasteiger partial charge in [0.25, 0.3) is 5.91 Å². The van der Waals surface area contributed by atoms with Gasteiger partial charge in [-0.2, -0.15) is 5.10 Å². The van der Waals surface area contributed by atoms with Crippen LogP contribution in [0.15, 0.2) is 65.6 Å². The van der Waals surface area contributed by atoms with E-state index in [2.05, 4.69) is 27.6 Å². The number of hydrogen-bond donors (Lipinski definition) is 2. The number of rotatable bonds is 4. The van der Waals surface area contributed by atoms with E-state index in [1.807, 2.05) is 36.6 Å². The van der Waals surface area contributed by atoms with Gasteiger partial charge in [0, 0.05) is 15.8 Å². The Bertz CT molecular complexity index is 1190. The third kappa shape index (κ3) is 3.36. The lowest BCUT2D eigenvalue weighted by Crippen LogP contribution is -2.13. The Kier molecular flexibility index (Phi) is 4.83. The molecule has 7 heteroatoms. The summed E-state index contributed by atoms with van der Waals surface area (Å²) in [5.41, 5.74) is 2.91. The molecule has 0 aliphatic carbocycles. The SMILES string of the molecule is CSc1ccccc1-c1ccc2c(NC(=O)c3ccc(F)c(F)c3)n[nH]c2c1. The highest BCUT2D eigenvalue weighted by Gasteiger charge is 2.14. The van der Waals surface area contributed by atoms with Crippen LogP contribution in [0.5, 0.6) is 0 Å². The number of carbonyl (C=O) groups is 1. The Balaban J connectivity index is 1.65. The first-order chi connectivity index (χ1) is 13.6. The minimum Gasteiger partial charge on any atom is -0.305 e. The van der Waals surface area contributed by atoms with Gasteiger partial charge in [0.15, 0.2) is 17.5 Å². The highest BCUT2D eigenvalue weighted by atomic mass is 32.2. The number of aromatic nitrogens is 2. The normalized spacial score (nSPS) is 11.0. The number of nitrogens with one attached hydrogen (secondary N) is 2. The number of thioether (sulfide) groups is 1. The number of amides is 1. The summed E-state index contributed by atoms with van der Waals surface area (Å²) in [6.07, 6.45) is 2.03. The molecule has 4 aromatic rings. The Hall–Kier alpha value is -3.19. The molecule has 0 bridgehead atoms. The third-order valence-electron chi connectivity index (χ3n) is 4.39. The van der Waals surface area contributed by atoms with E-state index in [9.17, 15) is 13.6 Å². The van der Waals surface area contributed by atoms with Gasteiger partial charge in [0.2, 0.25) is 0 Å². The molecule has 1 amide bonds. The molecule has 4 nitrogen and oxygen atoms in total. The van der Waals surface area contributed by atoms with E-state index in [1.54, 1.807) is 11.8 Å². The first-order valence-electron chi connectivity index (χ1n) is 8.45. The van der Waals surface area contributed by atoms with E-state index in [0.717, 1.165) is 39.1 Å². The van der Waals surface area contributed by atoms with Crippen molar-refractivity contribution in [3.8, 4) is 11.1 Å². The lowest BCUT2D eigenvalue weighted by Gasteiger charge is -2.07. The van der Waals surface area contributed by atoms with E-state index in [4.69, 9.17) is 0 Å². The van der Waals surface area contributed by atoms with Crippen molar-refractivity contribution >= 4 is 34.4 Å². The van der Waals surface area contributed by atoms with Crippen LogP contribution in [0.4, 0.5) is 14.6 Å². The molecule has 4 rings (SSSR count). The zero-order valence-corrected chi connectivity index (χ0v) is 15.6. The first-order valence-corrected chi connectivity index (χ1v) is 9.67. The second-order valence-corrected chi connectivity index (χ2v) is 6.96. The fourth-order valence-electron chi connectivity index (χ4n) is 2.98. The summed E-state index contributed by atoms with van der Waals surface area (Å²) in [6.45, 7) is 0. The van der Waals surface area contributed by atoms with Gasteiger partial charge < -0.3 is 5.32 Å². The lowest BCUT2D eigenvalue weighted by molar-refractivity contribution is 0.102. The van der Waals surface area contributed by atoms with E-state index < -0.39 is 17.5 Å². The fraction of sp³-hybridized carbons (Fsp3) is 0.0476. The van der Waals surface area contributed by atoms with Crippen molar-refractivity contribution in [2.75, 3.05) is 11.6 Å². The zero-order valence-electron chi connectivity index (χ0n) is 14.8. The number of carbonyl (C=O) groups excluding carboxylic acids is 1. The van der Waals surface area contributed by atoms with Crippen LogP contribution in [-0.2, 0) is 0 Å². The highest BCUT2D eigenvalue weighted by Crippen LogP contribution is 2.32. The molecule has 0 saturated heterocycles. The van der Waals surface area contributed by atoms with Crippen molar-refractivity contribution in [1.29, 1.82) is 0 Å². The van der Waals surface area contributed by atoms with Gasteiger partial charge in [-0.05, 0) is 53.8 Å². The third-order valence-corrected chi connectivity index (χ3v) is 5.19. The smallest absolute Gasteiger partial charge is 0.256 e. The van der Waals surface area contributed by atoms with Gasteiger partial charge in [0.1, 0.15) is 0 Å². The molecule has 1 heterocycles. The molecule has 0 spiro atoms. The number of H-pyrrole nitrogens is 1. The monoisotopic (exact) mass is 395 g/mol. The van der Waals surface area contributed by atoms with Gasteiger partial charge in [-0.25, -0.2) is 8.78 Å². The summed E-state index contributed by atoms with van der Waals surface area (Å²) in [5, 5.41) is 10.4. The van der Waals surface area contributed by atoms with Gasteiger partial charge in [0.05, 0.1) is 5.52 Å². The van der Waals surface area contributed by atoms with Gasteiger partial charge in [-0.15, -0.1) is 11.8 Å². The van der Waals surface area contributed by atoms with Crippen molar-refractivity contribution in [2.45, 2.75) is 4.90 Å². The molecule has 0 aliphatic rings.